The fourth-order valence-corrected chi connectivity index (χ4v) is 4.76. The van der Waals surface area contributed by atoms with Gasteiger partial charge in [0.1, 0.15) is 4.83 Å². The van der Waals surface area contributed by atoms with Crippen LogP contribution in [0.15, 0.2) is 6.07 Å². The fourth-order valence-electron chi connectivity index (χ4n) is 2.43. The van der Waals surface area contributed by atoms with Crippen LogP contribution >= 0.6 is 22.7 Å². The van der Waals surface area contributed by atoms with Crippen LogP contribution in [0.2, 0.25) is 0 Å². The van der Waals surface area contributed by atoms with Gasteiger partial charge in [0.15, 0.2) is 5.13 Å². The van der Waals surface area contributed by atoms with Gasteiger partial charge in [-0.05, 0) is 31.9 Å². The van der Waals surface area contributed by atoms with E-state index in [0.717, 1.165) is 32.6 Å². The topological polar surface area (TPSA) is 62.5 Å². The lowest BCUT2D eigenvalue weighted by molar-refractivity contribution is 0.0745. The number of amides is 1. The number of nitrogens with zero attached hydrogens (tertiary/aromatic N) is 3. The summed E-state index contributed by atoms with van der Waals surface area (Å²) in [6, 6.07) is 1.97. The van der Waals surface area contributed by atoms with Crippen molar-refractivity contribution in [2.75, 3.05) is 38.1 Å². The van der Waals surface area contributed by atoms with E-state index in [1.165, 1.54) is 11.3 Å². The second-order valence-electron chi connectivity index (χ2n) is 6.48. The van der Waals surface area contributed by atoms with Crippen molar-refractivity contribution in [3.63, 3.8) is 0 Å². The van der Waals surface area contributed by atoms with E-state index >= 15 is 0 Å². The monoisotopic (exact) mass is 354 g/mol. The van der Waals surface area contributed by atoms with Gasteiger partial charge in [-0.25, -0.2) is 4.98 Å². The average Bonchev–Trinajstić information content (AvgIpc) is 3.06. The molecule has 2 aromatic rings. The molecule has 0 bridgehead atoms. The molecule has 2 rings (SSSR count). The molecule has 0 fully saturated rings. The predicted octanol–water partition coefficient (Wildman–Crippen LogP) is 3.26. The van der Waals surface area contributed by atoms with Crippen LogP contribution in [0.4, 0.5) is 5.13 Å². The number of carbonyl (C=O) groups excluding carboxylic acids is 1. The highest BCUT2D eigenvalue weighted by molar-refractivity contribution is 7.29. The standard InChI is InChI=1S/C16H26N4OS2/c1-6-20(7-2)15-18-13-11(23-15)8-12(22-13)14(21)19(5)10-16(3,4)9-17/h8H,6-7,9-10,17H2,1-5H3. The third-order valence-corrected chi connectivity index (χ3v) is 6.10. The molecular weight excluding hydrogens is 328 g/mol. The molecule has 0 aliphatic carbocycles. The molecule has 23 heavy (non-hydrogen) atoms. The number of aromatic nitrogens is 1. The molecular formula is C16H26N4OS2. The molecule has 0 radical (unpaired) electrons. The maximum atomic E-state index is 12.6. The van der Waals surface area contributed by atoms with Gasteiger partial charge in [0.2, 0.25) is 0 Å². The molecule has 0 aromatic carbocycles. The molecule has 7 heteroatoms. The number of fused-ring (bicyclic) bond motifs is 1. The molecule has 0 atom stereocenters. The van der Waals surface area contributed by atoms with Crippen LogP contribution in [-0.4, -0.2) is 49.0 Å². The molecule has 2 aromatic heterocycles. The Kier molecular flexibility index (Phi) is 5.65. The summed E-state index contributed by atoms with van der Waals surface area (Å²) in [5.74, 6) is 0.0473. The van der Waals surface area contributed by atoms with Gasteiger partial charge in [-0.15, -0.1) is 11.3 Å². The normalized spacial score (nSPS) is 11.9. The smallest absolute Gasteiger partial charge is 0.263 e. The number of nitrogens with two attached hydrogens (primary N) is 1. The van der Waals surface area contributed by atoms with E-state index in [-0.39, 0.29) is 11.3 Å². The number of thiazole rings is 1. The summed E-state index contributed by atoms with van der Waals surface area (Å²) in [5, 5.41) is 1.04. The summed E-state index contributed by atoms with van der Waals surface area (Å²) in [6.07, 6.45) is 0. The summed E-state index contributed by atoms with van der Waals surface area (Å²) < 4.78 is 1.09. The van der Waals surface area contributed by atoms with E-state index < -0.39 is 0 Å². The molecule has 0 unspecified atom stereocenters. The zero-order valence-electron chi connectivity index (χ0n) is 14.5. The van der Waals surface area contributed by atoms with Crippen molar-refractivity contribution < 1.29 is 4.79 Å². The van der Waals surface area contributed by atoms with E-state index in [0.29, 0.717) is 13.1 Å². The molecule has 0 saturated heterocycles. The van der Waals surface area contributed by atoms with Crippen LogP contribution < -0.4 is 10.6 Å². The van der Waals surface area contributed by atoms with Crippen LogP contribution in [0.3, 0.4) is 0 Å². The number of carbonyl (C=O) groups is 1. The Hall–Kier alpha value is -1.18. The minimum absolute atomic E-state index is 0.0473. The molecule has 2 heterocycles. The Bertz CT molecular complexity index is 641. The molecule has 0 aliphatic rings. The first-order valence-corrected chi connectivity index (χ1v) is 9.55. The van der Waals surface area contributed by atoms with E-state index in [9.17, 15) is 4.79 Å². The maximum absolute atomic E-state index is 12.6. The highest BCUT2D eigenvalue weighted by Gasteiger charge is 2.24. The van der Waals surface area contributed by atoms with Crippen LogP contribution in [0.5, 0.6) is 0 Å². The first-order chi connectivity index (χ1) is 10.8. The Morgan fingerprint density at radius 3 is 2.48 bits per heavy atom. The van der Waals surface area contributed by atoms with Crippen LogP contribution in [0.1, 0.15) is 37.4 Å². The zero-order valence-corrected chi connectivity index (χ0v) is 16.2. The quantitative estimate of drug-likeness (QED) is 0.829. The van der Waals surface area contributed by atoms with E-state index in [4.69, 9.17) is 5.73 Å². The van der Waals surface area contributed by atoms with Crippen molar-refractivity contribution in [2.45, 2.75) is 27.7 Å². The van der Waals surface area contributed by atoms with E-state index in [1.54, 1.807) is 16.2 Å². The summed E-state index contributed by atoms with van der Waals surface area (Å²) in [7, 11) is 1.84. The first-order valence-electron chi connectivity index (χ1n) is 7.92. The van der Waals surface area contributed by atoms with Gasteiger partial charge in [-0.3, -0.25) is 4.79 Å². The van der Waals surface area contributed by atoms with Crippen molar-refractivity contribution in [3.8, 4) is 0 Å². The van der Waals surface area contributed by atoms with Gasteiger partial charge < -0.3 is 15.5 Å². The molecule has 1 amide bonds. The van der Waals surface area contributed by atoms with Crippen molar-refractivity contribution in [2.24, 2.45) is 11.1 Å². The summed E-state index contributed by atoms with van der Waals surface area (Å²) >= 11 is 3.13. The summed E-state index contributed by atoms with van der Waals surface area (Å²) in [5.41, 5.74) is 5.68. The Morgan fingerprint density at radius 2 is 1.96 bits per heavy atom. The lowest BCUT2D eigenvalue weighted by Gasteiger charge is -2.28. The second-order valence-corrected chi connectivity index (χ2v) is 8.52. The molecule has 0 aliphatic heterocycles. The summed E-state index contributed by atoms with van der Waals surface area (Å²) in [4.78, 5) is 23.0. The van der Waals surface area contributed by atoms with Gasteiger partial charge in [-0.1, -0.05) is 25.2 Å². The van der Waals surface area contributed by atoms with Crippen molar-refractivity contribution >= 4 is 43.2 Å². The van der Waals surface area contributed by atoms with Crippen LogP contribution in [0, 0.1) is 5.41 Å². The SMILES string of the molecule is CCN(CC)c1nc2sc(C(=O)N(C)CC(C)(C)CN)cc2s1. The zero-order chi connectivity index (χ0) is 17.2. The van der Waals surface area contributed by atoms with Gasteiger partial charge in [-0.2, -0.15) is 0 Å². The van der Waals surface area contributed by atoms with E-state index in [2.05, 4.69) is 37.6 Å². The molecule has 128 valence electrons. The first kappa shape index (κ1) is 18.2. The summed E-state index contributed by atoms with van der Waals surface area (Å²) in [6.45, 7) is 11.5. The van der Waals surface area contributed by atoms with E-state index in [1.807, 2.05) is 13.1 Å². The van der Waals surface area contributed by atoms with Gasteiger partial charge in [0, 0.05) is 26.7 Å². The third kappa shape index (κ3) is 4.02. The molecule has 2 N–H and O–H groups in total. The highest BCUT2D eigenvalue weighted by atomic mass is 32.1. The van der Waals surface area contributed by atoms with Crippen molar-refractivity contribution in [1.82, 2.24) is 9.88 Å². The number of hydrogen-bond acceptors (Lipinski definition) is 6. The lowest BCUT2D eigenvalue weighted by Crippen LogP contribution is -2.39. The fraction of sp³-hybridized carbons (Fsp3) is 0.625. The van der Waals surface area contributed by atoms with Gasteiger partial charge in [0.25, 0.3) is 5.91 Å². The second kappa shape index (κ2) is 7.15. The van der Waals surface area contributed by atoms with Crippen LogP contribution in [-0.2, 0) is 0 Å². The van der Waals surface area contributed by atoms with Crippen molar-refractivity contribution in [3.05, 3.63) is 10.9 Å². The van der Waals surface area contributed by atoms with Gasteiger partial charge >= 0.3 is 0 Å². The Labute approximate surface area is 146 Å². The largest absolute Gasteiger partial charge is 0.349 e. The number of rotatable bonds is 7. The molecule has 5 nitrogen and oxygen atoms in total. The predicted molar refractivity (Wildman–Crippen MR) is 101 cm³/mol. The van der Waals surface area contributed by atoms with Crippen LogP contribution in [0.25, 0.3) is 9.53 Å². The minimum Gasteiger partial charge on any atom is -0.349 e. The number of anilines is 1. The number of hydrogen-bond donors (Lipinski definition) is 1. The number of thiophene rings is 1. The minimum atomic E-state index is -0.0762. The molecule has 0 saturated carbocycles. The lowest BCUT2D eigenvalue weighted by atomic mass is 9.93. The van der Waals surface area contributed by atoms with Gasteiger partial charge in [0.05, 0.1) is 9.58 Å². The highest BCUT2D eigenvalue weighted by Crippen LogP contribution is 2.35. The van der Waals surface area contributed by atoms with Crippen molar-refractivity contribution in [1.29, 1.82) is 0 Å². The Balaban J connectivity index is 2.17. The maximum Gasteiger partial charge on any atom is 0.263 e. The average molecular weight is 355 g/mol. The molecule has 0 spiro atoms. The Morgan fingerprint density at radius 1 is 1.30 bits per heavy atom. The third-order valence-electron chi connectivity index (χ3n) is 3.89.